The highest BCUT2D eigenvalue weighted by Crippen LogP contribution is 2.22. The second-order valence-electron chi connectivity index (χ2n) is 5.95. The number of imidazole rings is 1. The molecule has 0 saturated carbocycles. The third-order valence-corrected chi connectivity index (χ3v) is 4.35. The molecule has 0 fully saturated rings. The SMILES string of the molecule is NC(c1ccncc1)c1ncc2ncn(-c3ccc4[nH]ncc4c3)c2n1. The first-order valence-corrected chi connectivity index (χ1v) is 8.08. The number of hydrogen-bond donors (Lipinski definition) is 2. The Hall–Kier alpha value is -3.65. The molecule has 0 saturated heterocycles. The first-order valence-electron chi connectivity index (χ1n) is 8.08. The first-order chi connectivity index (χ1) is 12.8. The summed E-state index contributed by atoms with van der Waals surface area (Å²) in [6.07, 6.45) is 8.64. The zero-order valence-corrected chi connectivity index (χ0v) is 13.6. The summed E-state index contributed by atoms with van der Waals surface area (Å²) in [5.41, 5.74) is 10.6. The highest BCUT2D eigenvalue weighted by Gasteiger charge is 2.15. The minimum absolute atomic E-state index is 0.429. The number of rotatable bonds is 3. The topological polar surface area (TPSA) is 111 Å². The number of nitrogens with zero attached hydrogens (tertiary/aromatic N) is 6. The van der Waals surface area contributed by atoms with Crippen molar-refractivity contribution in [1.82, 2.24) is 34.7 Å². The third-order valence-electron chi connectivity index (χ3n) is 4.35. The van der Waals surface area contributed by atoms with Gasteiger partial charge in [-0.1, -0.05) is 0 Å². The molecule has 1 unspecified atom stereocenters. The van der Waals surface area contributed by atoms with E-state index in [-0.39, 0.29) is 0 Å². The van der Waals surface area contributed by atoms with Gasteiger partial charge in [0, 0.05) is 23.5 Å². The van der Waals surface area contributed by atoms with Crippen molar-refractivity contribution in [3.63, 3.8) is 0 Å². The van der Waals surface area contributed by atoms with Gasteiger partial charge in [-0.15, -0.1) is 0 Å². The van der Waals surface area contributed by atoms with E-state index in [2.05, 4.69) is 30.1 Å². The van der Waals surface area contributed by atoms with E-state index < -0.39 is 6.04 Å². The summed E-state index contributed by atoms with van der Waals surface area (Å²) in [7, 11) is 0. The molecule has 26 heavy (non-hydrogen) atoms. The van der Waals surface area contributed by atoms with E-state index in [1.165, 1.54) is 0 Å². The van der Waals surface area contributed by atoms with E-state index in [9.17, 15) is 0 Å². The van der Waals surface area contributed by atoms with Gasteiger partial charge >= 0.3 is 0 Å². The molecule has 8 nitrogen and oxygen atoms in total. The fraction of sp³-hybridized carbons (Fsp3) is 0.0556. The zero-order valence-electron chi connectivity index (χ0n) is 13.6. The second-order valence-corrected chi connectivity index (χ2v) is 5.95. The van der Waals surface area contributed by atoms with Crippen LogP contribution >= 0.6 is 0 Å². The molecule has 0 spiro atoms. The molecule has 0 radical (unpaired) electrons. The molecule has 4 heterocycles. The third kappa shape index (κ3) is 2.32. The van der Waals surface area contributed by atoms with Gasteiger partial charge in [0.1, 0.15) is 11.8 Å². The van der Waals surface area contributed by atoms with Gasteiger partial charge in [0.05, 0.1) is 24.0 Å². The maximum Gasteiger partial charge on any atom is 0.168 e. The van der Waals surface area contributed by atoms with Crippen LogP contribution in [0.3, 0.4) is 0 Å². The zero-order chi connectivity index (χ0) is 17.5. The van der Waals surface area contributed by atoms with Crippen molar-refractivity contribution in [1.29, 1.82) is 0 Å². The molecule has 4 aromatic heterocycles. The predicted octanol–water partition coefficient (Wildman–Crippen LogP) is 2.13. The maximum absolute atomic E-state index is 6.33. The van der Waals surface area contributed by atoms with Crippen molar-refractivity contribution in [3.05, 3.63) is 72.8 Å². The molecule has 8 heteroatoms. The number of nitrogens with one attached hydrogen (secondary N) is 1. The fourth-order valence-electron chi connectivity index (χ4n) is 2.96. The van der Waals surface area contributed by atoms with E-state index in [1.807, 2.05) is 34.9 Å². The minimum atomic E-state index is -0.429. The molecule has 0 aliphatic heterocycles. The minimum Gasteiger partial charge on any atom is -0.318 e. The summed E-state index contributed by atoms with van der Waals surface area (Å²) in [6.45, 7) is 0. The van der Waals surface area contributed by atoms with Crippen LogP contribution in [-0.4, -0.2) is 34.7 Å². The van der Waals surface area contributed by atoms with Crippen LogP contribution in [0.25, 0.3) is 27.8 Å². The summed E-state index contributed by atoms with van der Waals surface area (Å²) in [5.74, 6) is 0.537. The molecule has 1 aromatic carbocycles. The number of hydrogen-bond acceptors (Lipinski definition) is 6. The van der Waals surface area contributed by atoms with Crippen molar-refractivity contribution in [2.24, 2.45) is 5.73 Å². The molecule has 5 aromatic rings. The van der Waals surface area contributed by atoms with Gasteiger partial charge in [0.25, 0.3) is 0 Å². The van der Waals surface area contributed by atoms with Crippen molar-refractivity contribution in [2.75, 3.05) is 0 Å². The fourth-order valence-corrected chi connectivity index (χ4v) is 2.96. The Balaban J connectivity index is 1.63. The number of H-pyrrole nitrogens is 1. The average Bonchev–Trinajstić information content (AvgIpc) is 3.33. The maximum atomic E-state index is 6.33. The van der Waals surface area contributed by atoms with Gasteiger partial charge in [-0.05, 0) is 35.9 Å². The van der Waals surface area contributed by atoms with Crippen LogP contribution in [0.4, 0.5) is 0 Å². The number of pyridine rings is 1. The van der Waals surface area contributed by atoms with Gasteiger partial charge in [-0.2, -0.15) is 5.10 Å². The summed E-state index contributed by atoms with van der Waals surface area (Å²) >= 11 is 0. The van der Waals surface area contributed by atoms with Crippen LogP contribution in [-0.2, 0) is 0 Å². The summed E-state index contributed by atoms with van der Waals surface area (Å²) < 4.78 is 1.92. The van der Waals surface area contributed by atoms with Gasteiger partial charge in [0.15, 0.2) is 11.5 Å². The van der Waals surface area contributed by atoms with E-state index in [1.54, 1.807) is 31.1 Å². The second kappa shape index (κ2) is 5.71. The lowest BCUT2D eigenvalue weighted by atomic mass is 10.1. The molecule has 126 valence electrons. The number of aromatic nitrogens is 7. The molecule has 0 amide bonds. The molecule has 5 rings (SSSR count). The number of fused-ring (bicyclic) bond motifs is 2. The summed E-state index contributed by atoms with van der Waals surface area (Å²) in [6, 6.07) is 9.30. The van der Waals surface area contributed by atoms with Crippen molar-refractivity contribution >= 4 is 22.1 Å². The Labute approximate surface area is 147 Å². The molecule has 0 aliphatic rings. The molecule has 1 atom stereocenters. The smallest absolute Gasteiger partial charge is 0.168 e. The van der Waals surface area contributed by atoms with E-state index >= 15 is 0 Å². The molecule has 0 bridgehead atoms. The lowest BCUT2D eigenvalue weighted by Crippen LogP contribution is -2.15. The number of nitrogens with two attached hydrogens (primary N) is 1. The molecule has 0 aliphatic carbocycles. The normalized spacial score (nSPS) is 12.7. The van der Waals surface area contributed by atoms with E-state index in [0.717, 1.165) is 22.2 Å². The van der Waals surface area contributed by atoms with Crippen LogP contribution < -0.4 is 5.73 Å². The quantitative estimate of drug-likeness (QED) is 0.519. The van der Waals surface area contributed by atoms with Crippen molar-refractivity contribution in [2.45, 2.75) is 6.04 Å². The highest BCUT2D eigenvalue weighted by atomic mass is 15.1. The number of benzene rings is 1. The highest BCUT2D eigenvalue weighted by molar-refractivity contribution is 5.81. The van der Waals surface area contributed by atoms with Crippen LogP contribution in [0.1, 0.15) is 17.4 Å². The molecular formula is C18H14N8. The Morgan fingerprint density at radius 2 is 1.92 bits per heavy atom. The summed E-state index contributed by atoms with van der Waals surface area (Å²) in [5, 5.41) is 8.03. The van der Waals surface area contributed by atoms with E-state index in [4.69, 9.17) is 5.73 Å². The predicted molar refractivity (Wildman–Crippen MR) is 96.6 cm³/mol. The van der Waals surface area contributed by atoms with Crippen LogP contribution in [0, 0.1) is 0 Å². The Bertz CT molecular complexity index is 1210. The van der Waals surface area contributed by atoms with Crippen LogP contribution in [0.15, 0.2) is 61.4 Å². The van der Waals surface area contributed by atoms with Gasteiger partial charge < -0.3 is 5.73 Å². The van der Waals surface area contributed by atoms with Crippen LogP contribution in [0.5, 0.6) is 0 Å². The first kappa shape index (κ1) is 14.7. The molecule has 3 N–H and O–H groups in total. The Morgan fingerprint density at radius 1 is 1.04 bits per heavy atom. The molecular weight excluding hydrogens is 328 g/mol. The Kier molecular flexibility index (Phi) is 3.22. The summed E-state index contributed by atoms with van der Waals surface area (Å²) in [4.78, 5) is 17.5. The number of aromatic amines is 1. The monoisotopic (exact) mass is 342 g/mol. The van der Waals surface area contributed by atoms with Crippen LogP contribution in [0.2, 0.25) is 0 Å². The average molecular weight is 342 g/mol. The van der Waals surface area contributed by atoms with Gasteiger partial charge in [0.2, 0.25) is 0 Å². The lowest BCUT2D eigenvalue weighted by Gasteiger charge is -2.11. The standard InChI is InChI=1S/C18H14N8/c19-16(11-3-5-20-6-4-11)17-21-9-15-18(24-17)26(10-22-15)13-1-2-14-12(7-13)8-23-25-14/h1-10,16H,19H2,(H,23,25). The Morgan fingerprint density at radius 3 is 2.81 bits per heavy atom. The lowest BCUT2D eigenvalue weighted by molar-refractivity contribution is 0.783. The van der Waals surface area contributed by atoms with Gasteiger partial charge in [-0.25, -0.2) is 15.0 Å². The largest absolute Gasteiger partial charge is 0.318 e. The van der Waals surface area contributed by atoms with E-state index in [0.29, 0.717) is 17.0 Å². The van der Waals surface area contributed by atoms with Gasteiger partial charge in [-0.3, -0.25) is 14.6 Å². The van der Waals surface area contributed by atoms with Crippen molar-refractivity contribution < 1.29 is 0 Å². The van der Waals surface area contributed by atoms with Crippen molar-refractivity contribution in [3.8, 4) is 5.69 Å².